The summed E-state index contributed by atoms with van der Waals surface area (Å²) in [4.78, 5) is 0. The molecule has 0 heterocycles. The van der Waals surface area contributed by atoms with Gasteiger partial charge in [-0.25, -0.2) is 0 Å². The molecule has 66 valence electrons. The predicted molar refractivity (Wildman–Crippen MR) is 62.1 cm³/mol. The Balaban J connectivity index is 3.27. The van der Waals surface area contributed by atoms with Gasteiger partial charge in [-0.1, -0.05) is 19.9 Å². The van der Waals surface area contributed by atoms with E-state index < -0.39 is 0 Å². The molecule has 0 fully saturated rings. The van der Waals surface area contributed by atoms with Crippen molar-refractivity contribution in [2.45, 2.75) is 19.8 Å². The lowest BCUT2D eigenvalue weighted by molar-refractivity contribution is 0.861. The Kier molecular flexibility index (Phi) is 2.82. The molecule has 1 rings (SSSR count). The number of benzene rings is 1. The summed E-state index contributed by atoms with van der Waals surface area (Å²) in [7, 11) is 0. The maximum atomic E-state index is 5.79. The van der Waals surface area contributed by atoms with E-state index in [1.165, 1.54) is 5.56 Å². The first-order valence-electron chi connectivity index (χ1n) is 3.87. The van der Waals surface area contributed by atoms with Crippen LogP contribution in [0.25, 0.3) is 0 Å². The first kappa shape index (κ1) is 9.64. The quantitative estimate of drug-likeness (QED) is 0.612. The van der Waals surface area contributed by atoms with Crippen LogP contribution >= 0.6 is 22.6 Å². The van der Waals surface area contributed by atoms with Crippen molar-refractivity contribution in [2.75, 3.05) is 11.5 Å². The number of nitrogens with two attached hydrogens (primary N) is 2. The topological polar surface area (TPSA) is 52.0 Å². The summed E-state index contributed by atoms with van der Waals surface area (Å²) in [6.07, 6.45) is 0. The van der Waals surface area contributed by atoms with Gasteiger partial charge in [-0.05, 0) is 40.1 Å². The molecule has 2 nitrogen and oxygen atoms in total. The highest BCUT2D eigenvalue weighted by molar-refractivity contribution is 14.1. The van der Waals surface area contributed by atoms with Gasteiger partial charge in [-0.3, -0.25) is 0 Å². The van der Waals surface area contributed by atoms with Crippen LogP contribution in [0.1, 0.15) is 25.3 Å². The maximum Gasteiger partial charge on any atom is 0.0686 e. The summed E-state index contributed by atoms with van der Waals surface area (Å²) in [5.74, 6) is 0.500. The van der Waals surface area contributed by atoms with Crippen LogP contribution in [-0.2, 0) is 0 Å². The Morgan fingerprint density at radius 3 is 2.33 bits per heavy atom. The van der Waals surface area contributed by atoms with Crippen LogP contribution in [0.3, 0.4) is 0 Å². The van der Waals surface area contributed by atoms with E-state index in [-0.39, 0.29) is 0 Å². The van der Waals surface area contributed by atoms with Crippen LogP contribution in [0.2, 0.25) is 0 Å². The van der Waals surface area contributed by atoms with Crippen LogP contribution < -0.4 is 11.5 Å². The zero-order chi connectivity index (χ0) is 9.30. The van der Waals surface area contributed by atoms with E-state index in [1.807, 2.05) is 12.1 Å². The van der Waals surface area contributed by atoms with Gasteiger partial charge in [0.25, 0.3) is 0 Å². The number of rotatable bonds is 1. The lowest BCUT2D eigenvalue weighted by Gasteiger charge is -2.11. The minimum Gasteiger partial charge on any atom is -0.397 e. The largest absolute Gasteiger partial charge is 0.397 e. The fourth-order valence-electron chi connectivity index (χ4n) is 1.07. The molecule has 12 heavy (non-hydrogen) atoms. The Labute approximate surface area is 86.5 Å². The first-order chi connectivity index (χ1) is 5.54. The number of anilines is 2. The maximum absolute atomic E-state index is 5.79. The van der Waals surface area contributed by atoms with Gasteiger partial charge in [-0.15, -0.1) is 0 Å². The molecule has 4 N–H and O–H groups in total. The molecule has 0 unspecified atom stereocenters. The summed E-state index contributed by atoms with van der Waals surface area (Å²) < 4.78 is 1.09. The van der Waals surface area contributed by atoms with E-state index in [4.69, 9.17) is 11.5 Å². The molecular formula is C9H13IN2. The summed E-state index contributed by atoms with van der Waals surface area (Å²) in [6.45, 7) is 4.29. The molecule has 0 atom stereocenters. The molecular weight excluding hydrogens is 263 g/mol. The average Bonchev–Trinajstić information content (AvgIpc) is 2.00. The second-order valence-electron chi connectivity index (χ2n) is 3.13. The normalized spacial score (nSPS) is 10.7. The van der Waals surface area contributed by atoms with Gasteiger partial charge in [0.15, 0.2) is 0 Å². The highest BCUT2D eigenvalue weighted by Gasteiger charge is 2.08. The molecule has 1 aromatic rings. The zero-order valence-corrected chi connectivity index (χ0v) is 9.42. The van der Waals surface area contributed by atoms with Crippen molar-refractivity contribution < 1.29 is 0 Å². The second kappa shape index (κ2) is 3.51. The van der Waals surface area contributed by atoms with Crippen LogP contribution in [-0.4, -0.2) is 0 Å². The molecule has 0 aliphatic rings. The van der Waals surface area contributed by atoms with Gasteiger partial charge in [0.1, 0.15) is 0 Å². The smallest absolute Gasteiger partial charge is 0.0686 e. The lowest BCUT2D eigenvalue weighted by atomic mass is 10.0. The number of hydrogen-bond donors (Lipinski definition) is 2. The van der Waals surface area contributed by atoms with Crippen molar-refractivity contribution >= 4 is 34.0 Å². The first-order valence-corrected chi connectivity index (χ1v) is 4.95. The third-order valence-corrected chi connectivity index (χ3v) is 3.07. The van der Waals surface area contributed by atoms with Crippen LogP contribution in [0, 0.1) is 3.57 Å². The summed E-state index contributed by atoms with van der Waals surface area (Å²) in [5, 5.41) is 0. The van der Waals surface area contributed by atoms with E-state index in [1.54, 1.807) is 0 Å². The molecule has 0 saturated carbocycles. The Hall–Kier alpha value is -0.450. The average molecular weight is 276 g/mol. The molecule has 0 radical (unpaired) electrons. The minimum atomic E-state index is 0.500. The van der Waals surface area contributed by atoms with Gasteiger partial charge in [0.2, 0.25) is 0 Å². The van der Waals surface area contributed by atoms with E-state index in [9.17, 15) is 0 Å². The van der Waals surface area contributed by atoms with E-state index in [0.29, 0.717) is 17.3 Å². The van der Waals surface area contributed by atoms with Crippen molar-refractivity contribution in [3.63, 3.8) is 0 Å². The van der Waals surface area contributed by atoms with Crippen molar-refractivity contribution in [1.29, 1.82) is 0 Å². The van der Waals surface area contributed by atoms with Gasteiger partial charge >= 0.3 is 0 Å². The zero-order valence-electron chi connectivity index (χ0n) is 7.26. The monoisotopic (exact) mass is 276 g/mol. The highest BCUT2D eigenvalue weighted by Crippen LogP contribution is 2.29. The van der Waals surface area contributed by atoms with Crippen molar-refractivity contribution in [3.05, 3.63) is 21.3 Å². The van der Waals surface area contributed by atoms with E-state index >= 15 is 0 Å². The molecule has 0 saturated heterocycles. The van der Waals surface area contributed by atoms with Crippen LogP contribution in [0.15, 0.2) is 12.1 Å². The molecule has 3 heteroatoms. The predicted octanol–water partition coefficient (Wildman–Crippen LogP) is 2.58. The third-order valence-electron chi connectivity index (χ3n) is 1.87. The highest BCUT2D eigenvalue weighted by atomic mass is 127. The second-order valence-corrected chi connectivity index (χ2v) is 4.21. The molecule has 0 spiro atoms. The molecule has 0 aromatic heterocycles. The SMILES string of the molecule is CC(C)c1ccc(N)c(N)c1I. The van der Waals surface area contributed by atoms with Crippen molar-refractivity contribution in [2.24, 2.45) is 0 Å². The Morgan fingerprint density at radius 1 is 1.25 bits per heavy atom. The number of hydrogen-bond acceptors (Lipinski definition) is 2. The van der Waals surface area contributed by atoms with Gasteiger partial charge in [-0.2, -0.15) is 0 Å². The van der Waals surface area contributed by atoms with Gasteiger partial charge < -0.3 is 11.5 Å². The van der Waals surface area contributed by atoms with Gasteiger partial charge in [0, 0.05) is 3.57 Å². The molecule has 0 aliphatic carbocycles. The molecule has 0 aliphatic heterocycles. The molecule has 0 bridgehead atoms. The van der Waals surface area contributed by atoms with Crippen LogP contribution in [0.4, 0.5) is 11.4 Å². The molecule has 0 amide bonds. The Bertz CT molecular complexity index is 295. The van der Waals surface area contributed by atoms with Crippen molar-refractivity contribution in [3.8, 4) is 0 Å². The molecule has 1 aromatic carbocycles. The van der Waals surface area contributed by atoms with Gasteiger partial charge in [0.05, 0.1) is 11.4 Å². The van der Waals surface area contributed by atoms with E-state index in [0.717, 1.165) is 3.57 Å². The summed E-state index contributed by atoms with van der Waals surface area (Å²) in [6, 6.07) is 3.91. The minimum absolute atomic E-state index is 0.500. The summed E-state index contributed by atoms with van der Waals surface area (Å²) >= 11 is 2.24. The van der Waals surface area contributed by atoms with Crippen molar-refractivity contribution in [1.82, 2.24) is 0 Å². The fourth-order valence-corrected chi connectivity index (χ4v) is 2.18. The summed E-state index contributed by atoms with van der Waals surface area (Å²) in [5.41, 5.74) is 14.1. The number of nitrogen functional groups attached to an aromatic ring is 2. The third kappa shape index (κ3) is 1.65. The Morgan fingerprint density at radius 2 is 1.83 bits per heavy atom. The van der Waals surface area contributed by atoms with Crippen LogP contribution in [0.5, 0.6) is 0 Å². The fraction of sp³-hybridized carbons (Fsp3) is 0.333. The van der Waals surface area contributed by atoms with E-state index in [2.05, 4.69) is 36.4 Å². The standard InChI is InChI=1S/C9H13IN2/c1-5(2)6-3-4-7(11)9(12)8(6)10/h3-5H,11-12H2,1-2H3. The lowest BCUT2D eigenvalue weighted by Crippen LogP contribution is -2.01. The number of halogens is 1.